The van der Waals surface area contributed by atoms with Crippen LogP contribution in [0.3, 0.4) is 0 Å². The molecule has 134 valence electrons. The molecule has 1 aromatic rings. The molecule has 24 heavy (non-hydrogen) atoms. The summed E-state index contributed by atoms with van der Waals surface area (Å²) >= 11 is 0. The van der Waals surface area contributed by atoms with Crippen molar-refractivity contribution in [1.82, 2.24) is 5.32 Å². The van der Waals surface area contributed by atoms with E-state index in [2.05, 4.69) is 21.4 Å². The molecule has 0 aliphatic carbocycles. The summed E-state index contributed by atoms with van der Waals surface area (Å²) < 4.78 is 82.0. The van der Waals surface area contributed by atoms with Crippen molar-refractivity contribution in [2.75, 3.05) is 19.8 Å². The van der Waals surface area contributed by atoms with Crippen LogP contribution in [0.15, 0.2) is 30.9 Å². The van der Waals surface area contributed by atoms with Crippen molar-refractivity contribution in [2.24, 2.45) is 0 Å². The highest BCUT2D eigenvalue weighted by atomic mass is 19.4. The highest BCUT2D eigenvalue weighted by Crippen LogP contribution is 2.27. The van der Waals surface area contributed by atoms with E-state index < -0.39 is 37.2 Å². The molecule has 0 radical (unpaired) electrons. The lowest BCUT2D eigenvalue weighted by atomic mass is 10.1. The van der Waals surface area contributed by atoms with E-state index in [1.807, 2.05) is 0 Å². The average Bonchev–Trinajstić information content (AvgIpc) is 2.47. The van der Waals surface area contributed by atoms with Gasteiger partial charge in [-0.05, 0) is 18.2 Å². The lowest BCUT2D eigenvalue weighted by molar-refractivity contribution is -0.154. The average molecular weight is 357 g/mol. The first-order valence-corrected chi connectivity index (χ1v) is 6.44. The first-order chi connectivity index (χ1) is 11.0. The minimum Gasteiger partial charge on any atom is -0.484 e. The Labute approximate surface area is 133 Å². The molecule has 1 aromatic carbocycles. The van der Waals surface area contributed by atoms with Crippen LogP contribution in [0.4, 0.5) is 26.3 Å². The van der Waals surface area contributed by atoms with Crippen LogP contribution in [0.5, 0.6) is 11.5 Å². The van der Waals surface area contributed by atoms with E-state index in [1.54, 1.807) is 0 Å². The quantitative estimate of drug-likeness (QED) is 0.600. The molecular formula is C14H13F6NO3. The zero-order valence-electron chi connectivity index (χ0n) is 12.1. The maximum atomic E-state index is 12.2. The third kappa shape index (κ3) is 7.25. The van der Waals surface area contributed by atoms with Crippen LogP contribution in [-0.4, -0.2) is 38.0 Å². The lowest BCUT2D eigenvalue weighted by Crippen LogP contribution is -2.26. The van der Waals surface area contributed by atoms with Crippen molar-refractivity contribution in [3.8, 4) is 11.5 Å². The van der Waals surface area contributed by atoms with Crippen LogP contribution in [0.2, 0.25) is 0 Å². The molecule has 1 amide bonds. The summed E-state index contributed by atoms with van der Waals surface area (Å²) in [7, 11) is 0. The van der Waals surface area contributed by atoms with Gasteiger partial charge in [0.05, 0.1) is 5.56 Å². The summed E-state index contributed by atoms with van der Waals surface area (Å²) in [6.45, 7) is 0.0892. The second-order valence-corrected chi connectivity index (χ2v) is 4.46. The van der Waals surface area contributed by atoms with Crippen LogP contribution in [0.1, 0.15) is 10.4 Å². The molecule has 0 aliphatic rings. The molecule has 0 unspecified atom stereocenters. The minimum atomic E-state index is -4.64. The summed E-state index contributed by atoms with van der Waals surface area (Å²) in [4.78, 5) is 11.9. The third-order valence-electron chi connectivity index (χ3n) is 2.40. The fraction of sp³-hybridized carbons (Fsp3) is 0.357. The summed E-state index contributed by atoms with van der Waals surface area (Å²) in [5, 5.41) is 2.29. The van der Waals surface area contributed by atoms with Gasteiger partial charge in [0.25, 0.3) is 5.91 Å². The van der Waals surface area contributed by atoms with Gasteiger partial charge in [-0.1, -0.05) is 6.08 Å². The number of benzene rings is 1. The van der Waals surface area contributed by atoms with Gasteiger partial charge in [0.1, 0.15) is 11.5 Å². The molecule has 4 nitrogen and oxygen atoms in total. The molecule has 0 saturated carbocycles. The fourth-order valence-corrected chi connectivity index (χ4v) is 1.49. The maximum absolute atomic E-state index is 12.2. The Balaban J connectivity index is 3.00. The number of hydrogen-bond donors (Lipinski definition) is 1. The Kier molecular flexibility index (Phi) is 6.50. The second kappa shape index (κ2) is 7.93. The van der Waals surface area contributed by atoms with Crippen LogP contribution in [0.25, 0.3) is 0 Å². The van der Waals surface area contributed by atoms with Gasteiger partial charge >= 0.3 is 12.4 Å². The van der Waals surface area contributed by atoms with E-state index in [4.69, 9.17) is 0 Å². The number of amides is 1. The number of nitrogens with one attached hydrogen (secondary N) is 1. The van der Waals surface area contributed by atoms with E-state index in [9.17, 15) is 31.1 Å². The van der Waals surface area contributed by atoms with Gasteiger partial charge in [-0.3, -0.25) is 4.79 Å². The fourth-order valence-electron chi connectivity index (χ4n) is 1.49. The molecule has 0 bridgehead atoms. The lowest BCUT2D eigenvalue weighted by Gasteiger charge is -2.15. The van der Waals surface area contributed by atoms with E-state index in [-0.39, 0.29) is 17.9 Å². The number of carbonyl (C=O) groups is 1. The number of hydrogen-bond acceptors (Lipinski definition) is 3. The molecule has 1 N–H and O–H groups in total. The Bertz CT molecular complexity index is 583. The normalized spacial score (nSPS) is 11.8. The highest BCUT2D eigenvalue weighted by molar-refractivity contribution is 5.97. The van der Waals surface area contributed by atoms with Crippen molar-refractivity contribution in [2.45, 2.75) is 12.4 Å². The number of alkyl halides is 6. The number of carbonyl (C=O) groups excluding carboxylic acids is 1. The van der Waals surface area contributed by atoms with Gasteiger partial charge in [0.15, 0.2) is 13.2 Å². The molecule has 10 heteroatoms. The Hall–Kier alpha value is -2.39. The van der Waals surface area contributed by atoms with E-state index in [1.165, 1.54) is 6.08 Å². The largest absolute Gasteiger partial charge is 0.484 e. The van der Waals surface area contributed by atoms with Crippen LogP contribution >= 0.6 is 0 Å². The van der Waals surface area contributed by atoms with Crippen molar-refractivity contribution in [3.63, 3.8) is 0 Å². The van der Waals surface area contributed by atoms with Crippen LogP contribution < -0.4 is 14.8 Å². The Morgan fingerprint density at radius 3 is 2.21 bits per heavy atom. The molecule has 0 heterocycles. The molecule has 0 spiro atoms. The smallest absolute Gasteiger partial charge is 0.422 e. The summed E-state index contributed by atoms with van der Waals surface area (Å²) in [6, 6.07) is 2.78. The maximum Gasteiger partial charge on any atom is 0.422 e. The predicted molar refractivity (Wildman–Crippen MR) is 72.1 cm³/mol. The molecule has 0 aromatic heterocycles. The Morgan fingerprint density at radius 2 is 1.67 bits per heavy atom. The van der Waals surface area contributed by atoms with Gasteiger partial charge in [-0.25, -0.2) is 0 Å². The molecule has 0 fully saturated rings. The summed E-state index contributed by atoms with van der Waals surface area (Å²) in [5.41, 5.74) is -0.388. The molecule has 1 rings (SSSR count). The van der Waals surface area contributed by atoms with Crippen molar-refractivity contribution < 1.29 is 40.6 Å². The molecule has 0 atom stereocenters. The number of rotatable bonds is 7. The molecule has 0 saturated heterocycles. The van der Waals surface area contributed by atoms with E-state index in [0.29, 0.717) is 0 Å². The van der Waals surface area contributed by atoms with Gasteiger partial charge in [-0.2, -0.15) is 26.3 Å². The van der Waals surface area contributed by atoms with E-state index in [0.717, 1.165) is 18.2 Å². The molecular weight excluding hydrogens is 344 g/mol. The monoisotopic (exact) mass is 357 g/mol. The Morgan fingerprint density at radius 1 is 1.08 bits per heavy atom. The van der Waals surface area contributed by atoms with Gasteiger partial charge < -0.3 is 14.8 Å². The predicted octanol–water partition coefficient (Wildman–Crippen LogP) is 3.48. The summed E-state index contributed by atoms with van der Waals surface area (Å²) in [6.07, 6.45) is -7.92. The highest BCUT2D eigenvalue weighted by Gasteiger charge is 2.30. The SMILES string of the molecule is C=CCNC(=O)c1cc(OCC(F)(F)F)ccc1OCC(F)(F)F. The van der Waals surface area contributed by atoms with Crippen molar-refractivity contribution in [3.05, 3.63) is 36.4 Å². The van der Waals surface area contributed by atoms with Crippen LogP contribution in [-0.2, 0) is 0 Å². The minimum absolute atomic E-state index is 0.00514. The topological polar surface area (TPSA) is 47.6 Å². The standard InChI is InChI=1S/C14H13F6NO3/c1-2-5-21-12(22)10-6-9(23-7-13(15,16)17)3-4-11(10)24-8-14(18,19)20/h2-4,6H,1,5,7-8H2,(H,21,22). The summed E-state index contributed by atoms with van der Waals surface area (Å²) in [5.74, 6) is -1.62. The second-order valence-electron chi connectivity index (χ2n) is 4.46. The number of halogens is 6. The van der Waals surface area contributed by atoms with Gasteiger partial charge in [0.2, 0.25) is 0 Å². The first kappa shape index (κ1) is 19.7. The van der Waals surface area contributed by atoms with Crippen molar-refractivity contribution in [1.29, 1.82) is 0 Å². The van der Waals surface area contributed by atoms with Gasteiger partial charge in [-0.15, -0.1) is 6.58 Å². The zero-order valence-corrected chi connectivity index (χ0v) is 12.1. The van der Waals surface area contributed by atoms with E-state index >= 15 is 0 Å². The van der Waals surface area contributed by atoms with Gasteiger partial charge in [0, 0.05) is 6.54 Å². The van der Waals surface area contributed by atoms with Crippen molar-refractivity contribution >= 4 is 5.91 Å². The molecule has 0 aliphatic heterocycles. The van der Waals surface area contributed by atoms with Crippen LogP contribution in [0, 0.1) is 0 Å². The third-order valence-corrected chi connectivity index (χ3v) is 2.40. The zero-order chi connectivity index (χ0) is 18.4. The first-order valence-electron chi connectivity index (χ1n) is 6.44. The number of ether oxygens (including phenoxy) is 2.